The normalized spacial score (nSPS) is 29.9. The highest BCUT2D eigenvalue weighted by Crippen LogP contribution is 2.61. The molecule has 3 saturated carbocycles. The van der Waals surface area contributed by atoms with E-state index in [9.17, 15) is 9.59 Å². The van der Waals surface area contributed by atoms with E-state index in [0.717, 1.165) is 6.42 Å². The van der Waals surface area contributed by atoms with Crippen molar-refractivity contribution in [2.45, 2.75) is 39.7 Å². The van der Waals surface area contributed by atoms with Crippen molar-refractivity contribution >= 4 is 22.8 Å². The second-order valence-electron chi connectivity index (χ2n) is 8.18. The number of aromatic carboxylic acids is 1. The molecule has 3 N–H and O–H groups in total. The van der Waals surface area contributed by atoms with E-state index in [-0.39, 0.29) is 17.6 Å². The summed E-state index contributed by atoms with van der Waals surface area (Å²) in [6.45, 7) is 6.91. The molecule has 2 aromatic heterocycles. The number of nitrogens with one attached hydrogen (secondary N) is 2. The molecule has 4 atom stereocenters. The number of nitrogens with zero attached hydrogens (tertiary/aromatic N) is 1. The molecule has 6 nitrogen and oxygen atoms in total. The third kappa shape index (κ3) is 2.42. The van der Waals surface area contributed by atoms with Crippen molar-refractivity contribution in [3.05, 3.63) is 29.7 Å². The Morgan fingerprint density at radius 2 is 2.08 bits per heavy atom. The van der Waals surface area contributed by atoms with Crippen LogP contribution in [0.25, 0.3) is 10.9 Å². The minimum atomic E-state index is -1.08. The molecule has 0 spiro atoms. The molecule has 2 aromatic rings. The van der Waals surface area contributed by atoms with Gasteiger partial charge in [-0.2, -0.15) is 0 Å². The number of carbonyl (C=O) groups is 2. The maximum absolute atomic E-state index is 12.7. The number of carboxylic acid groups (broad SMARTS) is 1. The fourth-order valence-corrected chi connectivity index (χ4v) is 4.86. The van der Waals surface area contributed by atoms with Gasteiger partial charge in [-0.15, -0.1) is 0 Å². The zero-order chi connectivity index (χ0) is 17.9. The van der Waals surface area contributed by atoms with Gasteiger partial charge < -0.3 is 15.4 Å². The van der Waals surface area contributed by atoms with Gasteiger partial charge in [0.05, 0.1) is 11.7 Å². The van der Waals surface area contributed by atoms with E-state index in [1.54, 1.807) is 6.07 Å². The number of rotatable bonds is 3. The smallest absolute Gasteiger partial charge is 0.354 e. The van der Waals surface area contributed by atoms with Gasteiger partial charge in [-0.1, -0.05) is 20.8 Å². The minimum Gasteiger partial charge on any atom is -0.477 e. The highest BCUT2D eigenvalue weighted by atomic mass is 16.4. The van der Waals surface area contributed by atoms with Crippen LogP contribution in [0.4, 0.5) is 0 Å². The molecule has 25 heavy (non-hydrogen) atoms. The number of carbonyl (C=O) groups excluding carboxylic acids is 1. The maximum Gasteiger partial charge on any atom is 0.354 e. The Bertz CT molecular complexity index is 870. The van der Waals surface area contributed by atoms with Crippen LogP contribution in [0, 0.1) is 23.2 Å². The van der Waals surface area contributed by atoms with Crippen LogP contribution in [0.2, 0.25) is 0 Å². The van der Waals surface area contributed by atoms with Crippen LogP contribution in [0.1, 0.15) is 54.6 Å². The second kappa shape index (κ2) is 5.31. The quantitative estimate of drug-likeness (QED) is 0.799. The predicted molar refractivity (Wildman–Crippen MR) is 93.5 cm³/mol. The zero-order valence-electron chi connectivity index (χ0n) is 14.7. The molecule has 0 aromatic carbocycles. The molecule has 2 bridgehead atoms. The monoisotopic (exact) mass is 341 g/mol. The van der Waals surface area contributed by atoms with E-state index in [1.165, 1.54) is 18.7 Å². The van der Waals surface area contributed by atoms with Gasteiger partial charge in [0.2, 0.25) is 0 Å². The van der Waals surface area contributed by atoms with Crippen molar-refractivity contribution in [3.63, 3.8) is 0 Å². The molecule has 1 amide bonds. The molecule has 0 aliphatic heterocycles. The number of fused-ring (bicyclic) bond motifs is 3. The number of hydrogen-bond acceptors (Lipinski definition) is 3. The summed E-state index contributed by atoms with van der Waals surface area (Å²) in [6, 6.07) is 3.37. The number of H-pyrrole nitrogens is 1. The number of aromatic amines is 1. The summed E-state index contributed by atoms with van der Waals surface area (Å²) in [7, 11) is 0. The zero-order valence-corrected chi connectivity index (χ0v) is 14.7. The molecule has 0 radical (unpaired) electrons. The van der Waals surface area contributed by atoms with Crippen LogP contribution in [0.5, 0.6) is 0 Å². The summed E-state index contributed by atoms with van der Waals surface area (Å²) in [5.74, 6) is 0.607. The third-order valence-electron chi connectivity index (χ3n) is 6.64. The fraction of sp³-hybridized carbons (Fsp3) is 0.526. The average molecular weight is 341 g/mol. The Labute approximate surface area is 146 Å². The highest BCUT2D eigenvalue weighted by molar-refractivity contribution is 5.99. The first-order valence-corrected chi connectivity index (χ1v) is 8.80. The number of carboxylic acids is 1. The van der Waals surface area contributed by atoms with Crippen molar-refractivity contribution in [1.82, 2.24) is 15.3 Å². The van der Waals surface area contributed by atoms with Gasteiger partial charge in [0.15, 0.2) is 0 Å². The molecule has 3 aliphatic rings. The van der Waals surface area contributed by atoms with Crippen molar-refractivity contribution in [3.8, 4) is 0 Å². The van der Waals surface area contributed by atoms with E-state index < -0.39 is 5.97 Å². The van der Waals surface area contributed by atoms with Crippen LogP contribution in [-0.4, -0.2) is 33.0 Å². The van der Waals surface area contributed by atoms with E-state index in [1.807, 2.05) is 0 Å². The number of pyridine rings is 1. The van der Waals surface area contributed by atoms with Crippen LogP contribution in [0.15, 0.2) is 18.3 Å². The summed E-state index contributed by atoms with van der Waals surface area (Å²) >= 11 is 0. The van der Waals surface area contributed by atoms with Gasteiger partial charge in [-0.05, 0) is 48.1 Å². The molecule has 6 heteroatoms. The standard InChI is InChI=1S/C19H23N3O3/c1-9-12-6-11(19(12,2)3)7-13(9)22-17(23)14-4-10-5-15(18(24)25)20-8-16(10)21-14/h4-5,8-9,11-13,21H,6-7H2,1-3H3,(H,22,23)(H,24,25)/t9-,11+,12-,13-/m0/s1. The lowest BCUT2D eigenvalue weighted by Crippen LogP contribution is -2.60. The van der Waals surface area contributed by atoms with E-state index >= 15 is 0 Å². The molecule has 0 saturated heterocycles. The molecule has 5 rings (SSSR count). The lowest BCUT2D eigenvalue weighted by molar-refractivity contribution is -0.113. The second-order valence-corrected chi connectivity index (χ2v) is 8.18. The summed E-state index contributed by atoms with van der Waals surface area (Å²) in [6.07, 6.45) is 3.76. The van der Waals surface area contributed by atoms with E-state index in [2.05, 4.69) is 36.1 Å². The summed E-state index contributed by atoms with van der Waals surface area (Å²) in [5.41, 5.74) is 1.48. The largest absolute Gasteiger partial charge is 0.477 e. The van der Waals surface area contributed by atoms with E-state index in [4.69, 9.17) is 5.11 Å². The van der Waals surface area contributed by atoms with Crippen LogP contribution in [-0.2, 0) is 0 Å². The van der Waals surface area contributed by atoms with Crippen LogP contribution in [0.3, 0.4) is 0 Å². The highest BCUT2D eigenvalue weighted by Gasteiger charge is 2.56. The molecule has 0 unspecified atom stereocenters. The first kappa shape index (κ1) is 16.1. The van der Waals surface area contributed by atoms with Crippen LogP contribution < -0.4 is 5.32 Å². The minimum absolute atomic E-state index is 0.0262. The van der Waals surface area contributed by atoms with Gasteiger partial charge >= 0.3 is 5.97 Å². The van der Waals surface area contributed by atoms with Gasteiger partial charge in [-0.3, -0.25) is 4.79 Å². The summed E-state index contributed by atoms with van der Waals surface area (Å²) in [4.78, 5) is 30.6. The summed E-state index contributed by atoms with van der Waals surface area (Å²) in [5, 5.41) is 12.9. The number of amides is 1. The van der Waals surface area contributed by atoms with Crippen molar-refractivity contribution in [2.24, 2.45) is 23.2 Å². The van der Waals surface area contributed by atoms with Gasteiger partial charge in [0.1, 0.15) is 11.4 Å². The van der Waals surface area contributed by atoms with Crippen molar-refractivity contribution in [2.75, 3.05) is 0 Å². The van der Waals surface area contributed by atoms with Gasteiger partial charge in [0, 0.05) is 11.4 Å². The molecule has 3 aliphatic carbocycles. The molecule has 3 fully saturated rings. The topological polar surface area (TPSA) is 95.1 Å². The molecular weight excluding hydrogens is 318 g/mol. The Kier molecular flexibility index (Phi) is 3.42. The molecular formula is C19H23N3O3. The average Bonchev–Trinajstić information content (AvgIpc) is 2.99. The fourth-order valence-electron chi connectivity index (χ4n) is 4.86. The number of aromatic nitrogens is 2. The maximum atomic E-state index is 12.7. The third-order valence-corrected chi connectivity index (χ3v) is 6.64. The SMILES string of the molecule is C[C@@H]1[C@@H](NC(=O)c2cc3cc(C(=O)O)ncc3[nH]2)C[C@H]2C[C@@H]1C2(C)C. The Morgan fingerprint density at radius 1 is 1.32 bits per heavy atom. The molecule has 2 heterocycles. The Hall–Kier alpha value is -2.37. The lowest BCUT2D eigenvalue weighted by Gasteiger charge is -2.62. The first-order valence-electron chi connectivity index (χ1n) is 8.80. The van der Waals surface area contributed by atoms with Crippen LogP contribution >= 0.6 is 0 Å². The number of hydrogen-bond donors (Lipinski definition) is 3. The first-order chi connectivity index (χ1) is 11.8. The van der Waals surface area contributed by atoms with Gasteiger partial charge in [0.25, 0.3) is 5.91 Å². The van der Waals surface area contributed by atoms with Gasteiger partial charge in [-0.25, -0.2) is 9.78 Å². The summed E-state index contributed by atoms with van der Waals surface area (Å²) < 4.78 is 0. The predicted octanol–water partition coefficient (Wildman–Crippen LogP) is 3.06. The molecule has 132 valence electrons. The van der Waals surface area contributed by atoms with Crippen molar-refractivity contribution in [1.29, 1.82) is 0 Å². The Balaban J connectivity index is 1.52. The Morgan fingerprint density at radius 3 is 2.72 bits per heavy atom. The van der Waals surface area contributed by atoms with E-state index in [0.29, 0.717) is 39.8 Å². The van der Waals surface area contributed by atoms with Crippen molar-refractivity contribution < 1.29 is 14.7 Å². The lowest BCUT2D eigenvalue weighted by atomic mass is 9.45.